The number of hydrogen-bond donors (Lipinski definition) is 2. The van der Waals surface area contributed by atoms with Crippen molar-refractivity contribution in [1.29, 1.82) is 0 Å². The number of nitrogen functional groups attached to an aromatic ring is 1. The number of hydrogen-bond acceptors (Lipinski definition) is 6. The van der Waals surface area contributed by atoms with E-state index in [0.29, 0.717) is 12.8 Å². The lowest BCUT2D eigenvalue weighted by Gasteiger charge is -2.13. The molecule has 1 atom stereocenters. The Kier molecular flexibility index (Phi) is 4.35. The maximum absolute atomic E-state index is 12.1. The Balaban J connectivity index is 1.95. The third kappa shape index (κ3) is 3.78. The predicted octanol–water partition coefficient (Wildman–Crippen LogP) is 0.951. The van der Waals surface area contributed by atoms with E-state index in [1.807, 2.05) is 6.07 Å². The maximum atomic E-state index is 12.1. The highest BCUT2D eigenvalue weighted by Crippen LogP contribution is 2.10. The molecule has 2 heterocycles. The molecule has 0 bridgehead atoms. The Morgan fingerprint density at radius 2 is 2.10 bits per heavy atom. The molecule has 0 aliphatic carbocycles. The maximum Gasteiger partial charge on any atom is 0.243 e. The fraction of sp³-hybridized carbons (Fsp3) is 0.333. The summed E-state index contributed by atoms with van der Waals surface area (Å²) in [6, 6.07) is 3.42. The molecule has 0 saturated carbocycles. The molecular weight excluding hydrogens is 280 g/mol. The Morgan fingerprint density at radius 3 is 2.70 bits per heavy atom. The van der Waals surface area contributed by atoms with Crippen LogP contribution in [-0.2, 0) is 16.4 Å². The summed E-state index contributed by atoms with van der Waals surface area (Å²) in [4.78, 5) is 7.34. The molecule has 3 N–H and O–H groups in total. The van der Waals surface area contributed by atoms with E-state index in [9.17, 15) is 8.42 Å². The smallest absolute Gasteiger partial charge is 0.243 e. The average molecular weight is 296 g/mol. The first-order chi connectivity index (χ1) is 9.47. The number of sulfonamides is 1. The molecule has 2 aromatic heterocycles. The number of nitrogens with two attached hydrogens (primary N) is 1. The molecule has 2 rings (SSSR count). The highest BCUT2D eigenvalue weighted by molar-refractivity contribution is 7.89. The Labute approximate surface area is 117 Å². The first-order valence-electron chi connectivity index (χ1n) is 6.09. The van der Waals surface area contributed by atoms with E-state index < -0.39 is 10.0 Å². The number of nitrogens with one attached hydrogen (secondary N) is 1. The monoisotopic (exact) mass is 296 g/mol. The van der Waals surface area contributed by atoms with Crippen LogP contribution in [0.1, 0.15) is 19.1 Å². The van der Waals surface area contributed by atoms with Crippen molar-refractivity contribution in [3.8, 4) is 0 Å². The van der Waals surface area contributed by atoms with Gasteiger partial charge in [-0.3, -0.25) is 0 Å². The number of nitrogens with zero attached hydrogens (tertiary/aromatic N) is 2. The normalized spacial score (nSPS) is 13.2. The first kappa shape index (κ1) is 14.5. The van der Waals surface area contributed by atoms with Gasteiger partial charge in [-0.25, -0.2) is 23.1 Å². The van der Waals surface area contributed by atoms with Gasteiger partial charge < -0.3 is 10.2 Å². The number of anilines is 1. The molecule has 7 nitrogen and oxygen atoms in total. The van der Waals surface area contributed by atoms with Gasteiger partial charge in [0.15, 0.2) is 0 Å². The first-order valence-corrected chi connectivity index (χ1v) is 7.58. The summed E-state index contributed by atoms with van der Waals surface area (Å²) >= 11 is 0. The van der Waals surface area contributed by atoms with Crippen LogP contribution in [0.25, 0.3) is 0 Å². The van der Waals surface area contributed by atoms with Gasteiger partial charge in [0.2, 0.25) is 16.0 Å². The molecule has 1 unspecified atom stereocenters. The second kappa shape index (κ2) is 6.02. The van der Waals surface area contributed by atoms with Crippen molar-refractivity contribution in [2.45, 2.75) is 30.7 Å². The van der Waals surface area contributed by atoms with Crippen molar-refractivity contribution in [2.24, 2.45) is 0 Å². The van der Waals surface area contributed by atoms with Gasteiger partial charge in [0, 0.05) is 12.5 Å². The van der Waals surface area contributed by atoms with Gasteiger partial charge in [0.05, 0.1) is 18.7 Å². The van der Waals surface area contributed by atoms with Crippen LogP contribution in [0.15, 0.2) is 40.1 Å². The highest BCUT2D eigenvalue weighted by atomic mass is 32.2. The van der Waals surface area contributed by atoms with E-state index in [-0.39, 0.29) is 16.9 Å². The standard InChI is InChI=1S/C12H16N4O3S/c1-9(4-5-10-3-2-6-19-10)16-20(17,18)11-7-14-12(13)15-8-11/h2-3,6-9,16H,4-5H2,1H3,(H2,13,14,15). The average Bonchev–Trinajstić information content (AvgIpc) is 2.89. The van der Waals surface area contributed by atoms with E-state index in [1.54, 1.807) is 19.3 Å². The molecule has 2 aromatic rings. The van der Waals surface area contributed by atoms with Crippen LogP contribution < -0.4 is 10.5 Å². The summed E-state index contributed by atoms with van der Waals surface area (Å²) in [7, 11) is -3.63. The topological polar surface area (TPSA) is 111 Å². The molecule has 0 spiro atoms. The molecule has 0 amide bonds. The predicted molar refractivity (Wildman–Crippen MR) is 73.3 cm³/mol. The van der Waals surface area contributed by atoms with Crippen molar-refractivity contribution < 1.29 is 12.8 Å². The zero-order valence-corrected chi connectivity index (χ0v) is 11.8. The van der Waals surface area contributed by atoms with Crippen LogP contribution in [0.3, 0.4) is 0 Å². The van der Waals surface area contributed by atoms with Gasteiger partial charge in [-0.15, -0.1) is 0 Å². The third-order valence-corrected chi connectivity index (χ3v) is 4.26. The van der Waals surface area contributed by atoms with Gasteiger partial charge in [0.25, 0.3) is 0 Å². The van der Waals surface area contributed by atoms with Gasteiger partial charge in [0.1, 0.15) is 10.7 Å². The minimum absolute atomic E-state index is 0.00320. The second-order valence-corrected chi connectivity index (χ2v) is 6.13. The van der Waals surface area contributed by atoms with Crippen molar-refractivity contribution in [3.63, 3.8) is 0 Å². The molecule has 0 aromatic carbocycles. The van der Waals surface area contributed by atoms with Crippen molar-refractivity contribution in [1.82, 2.24) is 14.7 Å². The van der Waals surface area contributed by atoms with E-state index >= 15 is 0 Å². The van der Waals surface area contributed by atoms with Crippen molar-refractivity contribution in [3.05, 3.63) is 36.5 Å². The Bertz CT molecular complexity index is 638. The molecule has 20 heavy (non-hydrogen) atoms. The molecule has 0 aliphatic heterocycles. The molecule has 8 heteroatoms. The minimum atomic E-state index is -3.63. The van der Waals surface area contributed by atoms with Gasteiger partial charge >= 0.3 is 0 Å². The lowest BCUT2D eigenvalue weighted by molar-refractivity contribution is 0.480. The SMILES string of the molecule is CC(CCc1ccco1)NS(=O)(=O)c1cnc(N)nc1. The number of rotatable bonds is 6. The fourth-order valence-electron chi connectivity index (χ4n) is 1.67. The summed E-state index contributed by atoms with van der Waals surface area (Å²) < 4.78 is 31.9. The molecule has 0 radical (unpaired) electrons. The summed E-state index contributed by atoms with van der Waals surface area (Å²) in [6.45, 7) is 1.79. The summed E-state index contributed by atoms with van der Waals surface area (Å²) in [6.07, 6.45) is 5.25. The lowest BCUT2D eigenvalue weighted by atomic mass is 10.2. The zero-order valence-electron chi connectivity index (χ0n) is 11.0. The fourth-order valence-corrected chi connectivity index (χ4v) is 2.84. The summed E-state index contributed by atoms with van der Waals surface area (Å²) in [5.41, 5.74) is 5.33. The van der Waals surface area contributed by atoms with Crippen LogP contribution in [0.5, 0.6) is 0 Å². The van der Waals surface area contributed by atoms with E-state index in [0.717, 1.165) is 5.76 Å². The number of aryl methyl sites for hydroxylation is 1. The molecule has 108 valence electrons. The highest BCUT2D eigenvalue weighted by Gasteiger charge is 2.18. The van der Waals surface area contributed by atoms with Crippen LogP contribution in [0, 0.1) is 0 Å². The Hall–Kier alpha value is -1.93. The second-order valence-electron chi connectivity index (χ2n) is 4.42. The molecule has 0 aliphatic rings. The van der Waals surface area contributed by atoms with Gasteiger partial charge in [-0.05, 0) is 25.5 Å². The Morgan fingerprint density at radius 1 is 1.40 bits per heavy atom. The van der Waals surface area contributed by atoms with Crippen molar-refractivity contribution >= 4 is 16.0 Å². The van der Waals surface area contributed by atoms with E-state index in [1.165, 1.54) is 12.4 Å². The molecule has 0 saturated heterocycles. The van der Waals surface area contributed by atoms with Crippen LogP contribution in [0.2, 0.25) is 0 Å². The van der Waals surface area contributed by atoms with Crippen LogP contribution in [0.4, 0.5) is 5.95 Å². The van der Waals surface area contributed by atoms with Crippen LogP contribution in [-0.4, -0.2) is 24.4 Å². The van der Waals surface area contributed by atoms with Crippen LogP contribution >= 0.6 is 0 Å². The van der Waals surface area contributed by atoms with E-state index in [4.69, 9.17) is 10.2 Å². The molecule has 0 fully saturated rings. The summed E-state index contributed by atoms with van der Waals surface area (Å²) in [5, 5.41) is 0. The zero-order chi connectivity index (χ0) is 14.6. The summed E-state index contributed by atoms with van der Waals surface area (Å²) in [5.74, 6) is 0.863. The number of furan rings is 1. The number of aromatic nitrogens is 2. The quantitative estimate of drug-likeness (QED) is 0.821. The largest absolute Gasteiger partial charge is 0.469 e. The van der Waals surface area contributed by atoms with Gasteiger partial charge in [-0.2, -0.15) is 0 Å². The lowest BCUT2D eigenvalue weighted by Crippen LogP contribution is -2.33. The minimum Gasteiger partial charge on any atom is -0.469 e. The molecular formula is C12H16N4O3S. The van der Waals surface area contributed by atoms with Gasteiger partial charge in [-0.1, -0.05) is 0 Å². The third-order valence-electron chi connectivity index (χ3n) is 2.72. The van der Waals surface area contributed by atoms with E-state index in [2.05, 4.69) is 14.7 Å². The van der Waals surface area contributed by atoms with Crippen molar-refractivity contribution in [2.75, 3.05) is 5.73 Å².